The minimum atomic E-state index is -0.391. The van der Waals surface area contributed by atoms with E-state index in [1.54, 1.807) is 30.4 Å². The Kier molecular flexibility index (Phi) is 7.98. The van der Waals surface area contributed by atoms with E-state index in [1.807, 2.05) is 25.1 Å². The number of aromatic hydroxyl groups is 1. The lowest BCUT2D eigenvalue weighted by atomic mass is 9.72. The highest BCUT2D eigenvalue weighted by Crippen LogP contribution is 2.40. The van der Waals surface area contributed by atoms with Crippen molar-refractivity contribution < 1.29 is 14.6 Å². The number of likely N-dealkylation sites (tertiary alicyclic amines) is 1. The highest BCUT2D eigenvalue weighted by molar-refractivity contribution is 5.93. The first kappa shape index (κ1) is 23.2. The Bertz CT molecular complexity index is 848. The van der Waals surface area contributed by atoms with E-state index < -0.39 is 5.41 Å². The summed E-state index contributed by atoms with van der Waals surface area (Å²) in [6.45, 7) is 8.92. The van der Waals surface area contributed by atoms with Gasteiger partial charge in [0, 0.05) is 39.1 Å². The van der Waals surface area contributed by atoms with Crippen molar-refractivity contribution in [1.82, 2.24) is 19.8 Å². The number of carbonyl (C=O) groups excluding carboxylic acids is 1. The van der Waals surface area contributed by atoms with Crippen LogP contribution in [0, 0.1) is 0 Å². The number of aromatic nitrogens is 2. The van der Waals surface area contributed by atoms with E-state index in [0.717, 1.165) is 57.7 Å². The number of carbonyl (C=O) groups is 1. The molecule has 1 fully saturated rings. The predicted molar refractivity (Wildman–Crippen MR) is 120 cm³/mol. The van der Waals surface area contributed by atoms with Crippen LogP contribution in [-0.2, 0) is 10.2 Å². The van der Waals surface area contributed by atoms with E-state index in [2.05, 4.69) is 21.8 Å². The van der Waals surface area contributed by atoms with Crippen LogP contribution in [0.4, 0.5) is 0 Å². The maximum absolute atomic E-state index is 12.4. The lowest BCUT2D eigenvalue weighted by Crippen LogP contribution is -2.45. The molecule has 7 nitrogen and oxygen atoms in total. The van der Waals surface area contributed by atoms with E-state index >= 15 is 0 Å². The molecular formula is C24H34N4O3. The molecule has 168 valence electrons. The third kappa shape index (κ3) is 5.40. The van der Waals surface area contributed by atoms with E-state index in [4.69, 9.17) is 4.74 Å². The Morgan fingerprint density at radius 2 is 1.90 bits per heavy atom. The molecule has 0 radical (unpaired) electrons. The quantitative estimate of drug-likeness (QED) is 0.621. The Morgan fingerprint density at radius 1 is 1.19 bits per heavy atom. The average molecular weight is 427 g/mol. The van der Waals surface area contributed by atoms with Gasteiger partial charge < -0.3 is 19.6 Å². The zero-order valence-corrected chi connectivity index (χ0v) is 18.9. The second-order valence-electron chi connectivity index (χ2n) is 8.20. The summed E-state index contributed by atoms with van der Waals surface area (Å²) in [7, 11) is 1.77. The fourth-order valence-electron chi connectivity index (χ4n) is 4.09. The standard InChI is InChI=1S/C24H34N4O3/c1-4-14-31-15-13-28-11-9-24(10-12-28,20-7-6-8-21(29)16-20)23-25-17-19(18-26-23)22(30)27(3)5-2/h6-8,16-18,29H,4-5,9-15H2,1-3H3. The van der Waals surface area contributed by atoms with Gasteiger partial charge >= 0.3 is 0 Å². The summed E-state index contributed by atoms with van der Waals surface area (Å²) in [6.07, 6.45) is 5.97. The summed E-state index contributed by atoms with van der Waals surface area (Å²) >= 11 is 0. The van der Waals surface area contributed by atoms with E-state index in [9.17, 15) is 9.90 Å². The topological polar surface area (TPSA) is 78.8 Å². The summed E-state index contributed by atoms with van der Waals surface area (Å²) in [6, 6.07) is 7.40. The molecule has 1 aliphatic heterocycles. The molecule has 2 aromatic rings. The van der Waals surface area contributed by atoms with Crippen molar-refractivity contribution >= 4 is 5.91 Å². The van der Waals surface area contributed by atoms with Gasteiger partial charge in [0.15, 0.2) is 0 Å². The van der Waals surface area contributed by atoms with Crippen LogP contribution in [0.25, 0.3) is 0 Å². The fourth-order valence-corrected chi connectivity index (χ4v) is 4.09. The van der Waals surface area contributed by atoms with Crippen molar-refractivity contribution in [2.45, 2.75) is 38.5 Å². The van der Waals surface area contributed by atoms with Crippen molar-refractivity contribution in [2.75, 3.05) is 46.4 Å². The van der Waals surface area contributed by atoms with Crippen molar-refractivity contribution in [2.24, 2.45) is 0 Å². The minimum absolute atomic E-state index is 0.0812. The molecule has 1 aromatic heterocycles. The van der Waals surface area contributed by atoms with Crippen molar-refractivity contribution in [1.29, 1.82) is 0 Å². The van der Waals surface area contributed by atoms with Crippen LogP contribution >= 0.6 is 0 Å². The Balaban J connectivity index is 1.83. The molecule has 1 aliphatic rings. The van der Waals surface area contributed by atoms with Gasteiger partial charge in [0.2, 0.25) is 0 Å². The van der Waals surface area contributed by atoms with Crippen molar-refractivity contribution in [3.8, 4) is 5.75 Å². The number of ether oxygens (including phenoxy) is 1. The first-order valence-electron chi connectivity index (χ1n) is 11.2. The first-order chi connectivity index (χ1) is 15.0. The highest BCUT2D eigenvalue weighted by Gasteiger charge is 2.40. The van der Waals surface area contributed by atoms with Crippen LogP contribution in [0.15, 0.2) is 36.7 Å². The van der Waals surface area contributed by atoms with Crippen molar-refractivity contribution in [3.05, 3.63) is 53.6 Å². The van der Waals surface area contributed by atoms with Gasteiger partial charge in [-0.1, -0.05) is 19.1 Å². The van der Waals surface area contributed by atoms with Crippen LogP contribution < -0.4 is 0 Å². The molecule has 0 saturated carbocycles. The zero-order chi connectivity index (χ0) is 22.3. The summed E-state index contributed by atoms with van der Waals surface area (Å²) < 4.78 is 5.65. The van der Waals surface area contributed by atoms with Crippen LogP contribution in [0.2, 0.25) is 0 Å². The lowest BCUT2D eigenvalue weighted by Gasteiger charge is -2.41. The van der Waals surface area contributed by atoms with E-state index in [-0.39, 0.29) is 11.7 Å². The van der Waals surface area contributed by atoms with Gasteiger partial charge in [-0.3, -0.25) is 4.79 Å². The van der Waals surface area contributed by atoms with Gasteiger partial charge in [-0.2, -0.15) is 0 Å². The molecule has 1 aromatic carbocycles. The molecule has 1 saturated heterocycles. The largest absolute Gasteiger partial charge is 0.508 e. The second-order valence-corrected chi connectivity index (χ2v) is 8.20. The normalized spacial score (nSPS) is 16.2. The molecule has 0 aliphatic carbocycles. The molecule has 3 rings (SSSR count). The maximum Gasteiger partial charge on any atom is 0.256 e. The highest BCUT2D eigenvalue weighted by atomic mass is 16.5. The van der Waals surface area contributed by atoms with Gasteiger partial charge in [-0.05, 0) is 57.0 Å². The number of hydrogen-bond donors (Lipinski definition) is 1. The summed E-state index contributed by atoms with van der Waals surface area (Å²) in [5.41, 5.74) is 1.11. The van der Waals surface area contributed by atoms with Crippen LogP contribution in [-0.4, -0.2) is 77.2 Å². The van der Waals surface area contributed by atoms with Gasteiger partial charge in [-0.15, -0.1) is 0 Å². The molecule has 31 heavy (non-hydrogen) atoms. The Labute approximate surface area is 185 Å². The number of benzene rings is 1. The number of hydrogen-bond acceptors (Lipinski definition) is 6. The molecule has 0 bridgehead atoms. The number of amides is 1. The molecule has 0 atom stereocenters. The third-order valence-electron chi connectivity index (χ3n) is 6.16. The summed E-state index contributed by atoms with van der Waals surface area (Å²) in [5.74, 6) is 0.863. The average Bonchev–Trinajstić information content (AvgIpc) is 2.81. The molecule has 1 amide bonds. The molecule has 0 unspecified atom stereocenters. The number of nitrogens with zero attached hydrogens (tertiary/aromatic N) is 4. The Hall–Kier alpha value is -2.51. The predicted octanol–water partition coefficient (Wildman–Crippen LogP) is 3.08. The first-order valence-corrected chi connectivity index (χ1v) is 11.2. The van der Waals surface area contributed by atoms with E-state index in [1.165, 1.54) is 0 Å². The Morgan fingerprint density at radius 3 is 2.52 bits per heavy atom. The summed E-state index contributed by atoms with van der Waals surface area (Å²) in [4.78, 5) is 25.8. The van der Waals surface area contributed by atoms with Crippen LogP contribution in [0.3, 0.4) is 0 Å². The van der Waals surface area contributed by atoms with Gasteiger partial charge in [0.1, 0.15) is 11.6 Å². The zero-order valence-electron chi connectivity index (χ0n) is 18.9. The third-order valence-corrected chi connectivity index (χ3v) is 6.16. The molecule has 7 heteroatoms. The van der Waals surface area contributed by atoms with Gasteiger partial charge in [-0.25, -0.2) is 9.97 Å². The van der Waals surface area contributed by atoms with Crippen molar-refractivity contribution in [3.63, 3.8) is 0 Å². The smallest absolute Gasteiger partial charge is 0.256 e. The van der Waals surface area contributed by atoms with Crippen LogP contribution in [0.5, 0.6) is 5.75 Å². The summed E-state index contributed by atoms with van der Waals surface area (Å²) in [5, 5.41) is 10.1. The number of piperidine rings is 1. The molecule has 1 N–H and O–H groups in total. The maximum atomic E-state index is 12.4. The number of phenols is 1. The van der Waals surface area contributed by atoms with E-state index in [0.29, 0.717) is 17.9 Å². The SMILES string of the molecule is CCCOCCN1CCC(c2cccc(O)c2)(c2ncc(C(=O)N(C)CC)cn2)CC1. The van der Waals surface area contributed by atoms with Gasteiger partial charge in [0.25, 0.3) is 5.91 Å². The van der Waals surface area contributed by atoms with Crippen LogP contribution in [0.1, 0.15) is 54.9 Å². The number of rotatable bonds is 9. The monoisotopic (exact) mass is 426 g/mol. The fraction of sp³-hybridized carbons (Fsp3) is 0.542. The lowest BCUT2D eigenvalue weighted by molar-refractivity contribution is 0.0801. The van der Waals surface area contributed by atoms with Gasteiger partial charge in [0.05, 0.1) is 17.6 Å². The molecular weight excluding hydrogens is 392 g/mol. The second kappa shape index (κ2) is 10.7. The minimum Gasteiger partial charge on any atom is -0.508 e. The number of phenolic OH excluding ortho intramolecular Hbond substituents is 1. The molecule has 0 spiro atoms. The molecule has 2 heterocycles.